The first kappa shape index (κ1) is 21.0. The van der Waals surface area contributed by atoms with Gasteiger partial charge in [-0.1, -0.05) is 38.0 Å². The van der Waals surface area contributed by atoms with E-state index in [1.165, 1.54) is 38.5 Å². The molecule has 0 bridgehead atoms. The molecule has 0 radical (unpaired) electrons. The van der Waals surface area contributed by atoms with Crippen molar-refractivity contribution in [2.45, 2.75) is 78.2 Å². The molecule has 1 aromatic carbocycles. The topological polar surface area (TPSA) is 49.4 Å². The van der Waals surface area contributed by atoms with Crippen molar-refractivity contribution in [3.8, 4) is 0 Å². The smallest absolute Gasteiger partial charge is 0.236 e. The molecule has 1 N–H and O–H groups in total. The molecule has 2 unspecified atom stereocenters. The number of nitrogens with zero attached hydrogens (tertiary/aromatic N) is 1. The molecule has 5 rings (SSSR count). The number of hydrogen-bond acceptors (Lipinski definition) is 2. The summed E-state index contributed by atoms with van der Waals surface area (Å²) in [5.74, 6) is 1.53. The summed E-state index contributed by atoms with van der Waals surface area (Å²) in [7, 11) is 1.94. The van der Waals surface area contributed by atoms with Crippen LogP contribution < -0.4 is 5.32 Å². The van der Waals surface area contributed by atoms with Gasteiger partial charge < -0.3 is 10.2 Å². The van der Waals surface area contributed by atoms with Crippen LogP contribution in [0.3, 0.4) is 0 Å². The lowest BCUT2D eigenvalue weighted by molar-refractivity contribution is -0.168. The van der Waals surface area contributed by atoms with E-state index in [4.69, 9.17) is 0 Å². The molecule has 3 aliphatic carbocycles. The van der Waals surface area contributed by atoms with Gasteiger partial charge >= 0.3 is 0 Å². The van der Waals surface area contributed by atoms with E-state index in [2.05, 4.69) is 19.2 Å². The SMILES string of the molecule is Cc1ccc(NC(=O)C2C[C@@]3(C)C(CC[C@@H]4[C@H]3CC[C@]3(C)CCC[C@@H]43)N(C)C2=O)cc1. The normalized spacial score (nSPS) is 41.9. The fourth-order valence-corrected chi connectivity index (χ4v) is 8.35. The zero-order valence-corrected chi connectivity index (χ0v) is 19.6. The number of hydrogen-bond donors (Lipinski definition) is 1. The van der Waals surface area contributed by atoms with Gasteiger partial charge in [-0.15, -0.1) is 0 Å². The second-order valence-corrected chi connectivity index (χ2v) is 11.6. The van der Waals surface area contributed by atoms with Crippen LogP contribution in [0, 0.1) is 41.4 Å². The Hall–Kier alpha value is -1.84. The highest BCUT2D eigenvalue weighted by Crippen LogP contribution is 2.65. The standard InChI is InChI=1S/C27H38N2O2/c1-17-7-9-18(10-8-17)28-24(30)20-16-27(3)22-13-15-26(2)14-5-6-21(26)19(22)11-12-23(27)29(4)25(20)31/h7-10,19-23H,5-6,11-16H2,1-4H3,(H,28,30)/t19-,20?,21-,22+,23?,26-,27+/m0/s1. The number of amides is 2. The van der Waals surface area contributed by atoms with E-state index in [0.717, 1.165) is 29.5 Å². The number of carbonyl (C=O) groups is 2. The quantitative estimate of drug-likeness (QED) is 0.648. The minimum Gasteiger partial charge on any atom is -0.342 e. The van der Waals surface area contributed by atoms with Gasteiger partial charge in [0.05, 0.1) is 0 Å². The molecule has 31 heavy (non-hydrogen) atoms. The fraction of sp³-hybridized carbons (Fsp3) is 0.704. The Labute approximate surface area is 187 Å². The largest absolute Gasteiger partial charge is 0.342 e. The second-order valence-electron chi connectivity index (χ2n) is 11.6. The summed E-state index contributed by atoms with van der Waals surface area (Å²) in [4.78, 5) is 28.5. The van der Waals surface area contributed by atoms with Crippen molar-refractivity contribution >= 4 is 17.5 Å². The average molecular weight is 423 g/mol. The molecular weight excluding hydrogens is 384 g/mol. The maximum atomic E-state index is 13.3. The number of carbonyl (C=O) groups excluding carboxylic acids is 2. The molecule has 7 atom stereocenters. The maximum Gasteiger partial charge on any atom is 0.236 e. The highest BCUT2D eigenvalue weighted by molar-refractivity contribution is 6.07. The highest BCUT2D eigenvalue weighted by Gasteiger charge is 2.61. The summed E-state index contributed by atoms with van der Waals surface area (Å²) in [6.45, 7) is 6.97. The Morgan fingerprint density at radius 1 is 1.03 bits per heavy atom. The number of likely N-dealkylation sites (tertiary alicyclic amines) is 1. The van der Waals surface area contributed by atoms with Crippen LogP contribution in [0.5, 0.6) is 0 Å². The van der Waals surface area contributed by atoms with E-state index in [9.17, 15) is 9.59 Å². The number of aryl methyl sites for hydroxylation is 1. The molecule has 4 aliphatic rings. The van der Waals surface area contributed by atoms with Crippen molar-refractivity contribution in [1.82, 2.24) is 4.90 Å². The van der Waals surface area contributed by atoms with Crippen molar-refractivity contribution in [3.05, 3.63) is 29.8 Å². The van der Waals surface area contributed by atoms with E-state index >= 15 is 0 Å². The van der Waals surface area contributed by atoms with Gasteiger partial charge in [0, 0.05) is 18.8 Å². The van der Waals surface area contributed by atoms with Gasteiger partial charge in [0.1, 0.15) is 5.92 Å². The summed E-state index contributed by atoms with van der Waals surface area (Å²) >= 11 is 0. The Bertz CT molecular complexity index is 880. The second kappa shape index (κ2) is 7.35. The molecule has 4 nitrogen and oxygen atoms in total. The van der Waals surface area contributed by atoms with Crippen LogP contribution in [-0.4, -0.2) is 29.8 Å². The van der Waals surface area contributed by atoms with E-state index in [0.29, 0.717) is 17.8 Å². The van der Waals surface area contributed by atoms with E-state index < -0.39 is 5.92 Å². The van der Waals surface area contributed by atoms with Crippen molar-refractivity contribution in [1.29, 1.82) is 0 Å². The van der Waals surface area contributed by atoms with Gasteiger partial charge in [-0.3, -0.25) is 9.59 Å². The summed E-state index contributed by atoms with van der Waals surface area (Å²) in [6, 6.07) is 8.11. The summed E-state index contributed by atoms with van der Waals surface area (Å²) in [6.07, 6.45) is 9.78. The van der Waals surface area contributed by atoms with Gasteiger partial charge in [-0.2, -0.15) is 0 Å². The van der Waals surface area contributed by atoms with Crippen molar-refractivity contribution in [2.75, 3.05) is 12.4 Å². The third kappa shape index (κ3) is 3.24. The van der Waals surface area contributed by atoms with E-state index in [-0.39, 0.29) is 23.3 Å². The Balaban J connectivity index is 1.40. The van der Waals surface area contributed by atoms with E-state index in [1.54, 1.807) is 0 Å². The lowest BCUT2D eigenvalue weighted by atomic mass is 9.47. The maximum absolute atomic E-state index is 13.3. The monoisotopic (exact) mass is 422 g/mol. The van der Waals surface area contributed by atoms with Crippen LogP contribution in [-0.2, 0) is 9.59 Å². The van der Waals surface area contributed by atoms with E-state index in [1.807, 2.05) is 43.1 Å². The molecule has 0 spiro atoms. The van der Waals surface area contributed by atoms with Gasteiger partial charge in [0.2, 0.25) is 11.8 Å². The summed E-state index contributed by atoms with van der Waals surface area (Å²) in [5, 5.41) is 3.03. The third-order valence-corrected chi connectivity index (χ3v) is 9.99. The molecule has 1 saturated heterocycles. The molecular formula is C27H38N2O2. The first-order valence-electron chi connectivity index (χ1n) is 12.4. The van der Waals surface area contributed by atoms with Gasteiger partial charge in [0.25, 0.3) is 0 Å². The highest BCUT2D eigenvalue weighted by atomic mass is 16.2. The van der Waals surface area contributed by atoms with Crippen molar-refractivity contribution in [2.24, 2.45) is 34.5 Å². The molecule has 4 heteroatoms. The first-order chi connectivity index (χ1) is 14.7. The Kier molecular flexibility index (Phi) is 4.99. The molecule has 1 aliphatic heterocycles. The number of anilines is 1. The van der Waals surface area contributed by atoms with Crippen LogP contribution >= 0.6 is 0 Å². The molecule has 2 amide bonds. The zero-order chi connectivity index (χ0) is 22.0. The predicted molar refractivity (Wildman–Crippen MR) is 123 cm³/mol. The predicted octanol–water partition coefficient (Wildman–Crippen LogP) is 5.41. The minimum atomic E-state index is -0.580. The summed E-state index contributed by atoms with van der Waals surface area (Å²) in [5.41, 5.74) is 2.50. The molecule has 3 saturated carbocycles. The average Bonchev–Trinajstić information content (AvgIpc) is 3.14. The summed E-state index contributed by atoms with van der Waals surface area (Å²) < 4.78 is 0. The molecule has 4 fully saturated rings. The Morgan fingerprint density at radius 3 is 2.52 bits per heavy atom. The number of benzene rings is 1. The lowest BCUT2D eigenvalue weighted by Crippen LogP contribution is -2.64. The van der Waals surface area contributed by atoms with Crippen LogP contribution in [0.2, 0.25) is 0 Å². The Morgan fingerprint density at radius 2 is 1.77 bits per heavy atom. The van der Waals surface area contributed by atoms with Crippen molar-refractivity contribution < 1.29 is 9.59 Å². The fourth-order valence-electron chi connectivity index (χ4n) is 8.35. The zero-order valence-electron chi connectivity index (χ0n) is 19.6. The third-order valence-electron chi connectivity index (χ3n) is 9.99. The number of fused-ring (bicyclic) bond motifs is 5. The first-order valence-corrected chi connectivity index (χ1v) is 12.4. The van der Waals surface area contributed by atoms with Crippen LogP contribution in [0.4, 0.5) is 5.69 Å². The van der Waals surface area contributed by atoms with Crippen molar-refractivity contribution in [3.63, 3.8) is 0 Å². The minimum absolute atomic E-state index is 0.00653. The van der Waals surface area contributed by atoms with Crippen LogP contribution in [0.1, 0.15) is 70.8 Å². The van der Waals surface area contributed by atoms with Gasteiger partial charge in [-0.25, -0.2) is 0 Å². The molecule has 168 valence electrons. The number of piperidine rings is 1. The molecule has 0 aromatic heterocycles. The molecule has 1 aromatic rings. The van der Waals surface area contributed by atoms with Gasteiger partial charge in [0.15, 0.2) is 0 Å². The number of nitrogens with one attached hydrogen (secondary N) is 1. The molecule has 1 heterocycles. The lowest BCUT2D eigenvalue weighted by Gasteiger charge is -2.62. The number of rotatable bonds is 2. The van der Waals surface area contributed by atoms with Crippen LogP contribution in [0.15, 0.2) is 24.3 Å². The van der Waals surface area contributed by atoms with Crippen LogP contribution in [0.25, 0.3) is 0 Å². The van der Waals surface area contributed by atoms with Gasteiger partial charge in [-0.05, 0) is 92.6 Å².